The molecule has 1 aromatic rings. The summed E-state index contributed by atoms with van der Waals surface area (Å²) in [6.45, 7) is 9.43. The zero-order valence-corrected chi connectivity index (χ0v) is 25.4. The number of benzene rings is 1. The Labute approximate surface area is 249 Å². The molecule has 0 aliphatic heterocycles. The first-order chi connectivity index (χ1) is 20.1. The molecule has 0 atom stereocenters. The number of carbonyl (C=O) groups excluding carboxylic acids is 6. The summed E-state index contributed by atoms with van der Waals surface area (Å²) in [7, 11) is 0. The number of carbonyl (C=O) groups is 6. The van der Waals surface area contributed by atoms with Crippen LogP contribution in [0.5, 0.6) is 0 Å². The summed E-state index contributed by atoms with van der Waals surface area (Å²) in [5.41, 5.74) is 6.53. The normalized spacial score (nSPS) is 9.52. The topological polar surface area (TPSA) is 195 Å². The number of nitrogens with one attached hydrogen (secondary N) is 4. The summed E-state index contributed by atoms with van der Waals surface area (Å²) in [5, 5.41) is 10.1. The third-order valence-electron chi connectivity index (χ3n) is 4.93. The lowest BCUT2D eigenvalue weighted by Gasteiger charge is -2.07. The van der Waals surface area contributed by atoms with Crippen molar-refractivity contribution >= 4 is 41.7 Å². The molecule has 238 valence electrons. The van der Waals surface area contributed by atoms with E-state index in [1.54, 1.807) is 38.1 Å². The van der Waals surface area contributed by atoms with Gasteiger partial charge in [-0.2, -0.15) is 0 Å². The minimum Gasteiger partial charge on any atom is -0.461 e. The van der Waals surface area contributed by atoms with Gasteiger partial charge in [-0.15, -0.1) is 0 Å². The number of unbranched alkanes of at least 4 members (excludes halogenated alkanes) is 1. The fraction of sp³-hybridized carbons (Fsp3) is 0.586. The van der Waals surface area contributed by atoms with Crippen LogP contribution >= 0.6 is 0 Å². The number of nitrogens with two attached hydrogens (primary N) is 1. The van der Waals surface area contributed by atoms with Gasteiger partial charge in [0, 0.05) is 44.5 Å². The summed E-state index contributed by atoms with van der Waals surface area (Å²) in [6, 6.07) is 6.54. The smallest absolute Gasteiger partial charge is 0.312 e. The number of esters is 1. The van der Waals surface area contributed by atoms with Crippen molar-refractivity contribution in [1.29, 1.82) is 0 Å². The first kappa shape index (κ1) is 40.1. The number of ether oxygens (including phenoxy) is 2. The lowest BCUT2D eigenvalue weighted by molar-refractivity contribution is -0.144. The largest absolute Gasteiger partial charge is 0.461 e. The Morgan fingerprint density at radius 3 is 1.95 bits per heavy atom. The fourth-order valence-electron chi connectivity index (χ4n) is 2.68. The van der Waals surface area contributed by atoms with Crippen molar-refractivity contribution in [1.82, 2.24) is 16.0 Å². The molecule has 0 spiro atoms. The molecule has 0 aliphatic rings. The molecule has 0 radical (unpaired) electrons. The minimum atomic E-state index is -0.567. The monoisotopic (exact) mass is 595 g/mol. The van der Waals surface area contributed by atoms with Gasteiger partial charge in [-0.05, 0) is 30.5 Å². The van der Waals surface area contributed by atoms with Crippen LogP contribution in [0.3, 0.4) is 0 Å². The van der Waals surface area contributed by atoms with E-state index in [0.717, 1.165) is 11.3 Å². The summed E-state index contributed by atoms with van der Waals surface area (Å²) >= 11 is 0. The van der Waals surface area contributed by atoms with E-state index in [2.05, 4.69) is 35.1 Å². The average Bonchev–Trinajstić information content (AvgIpc) is 2.97. The zero-order chi connectivity index (χ0) is 32.0. The van der Waals surface area contributed by atoms with Gasteiger partial charge in [0.15, 0.2) is 0 Å². The quantitative estimate of drug-likeness (QED) is 0.0914. The van der Waals surface area contributed by atoms with Crippen LogP contribution in [-0.4, -0.2) is 68.9 Å². The van der Waals surface area contributed by atoms with Gasteiger partial charge in [0.1, 0.15) is 12.4 Å². The molecule has 1 rings (SSSR count). The predicted molar refractivity (Wildman–Crippen MR) is 160 cm³/mol. The van der Waals surface area contributed by atoms with Crippen LogP contribution in [0.2, 0.25) is 0 Å². The van der Waals surface area contributed by atoms with Gasteiger partial charge < -0.3 is 36.5 Å². The van der Waals surface area contributed by atoms with Crippen LogP contribution in [0, 0.1) is 0 Å². The summed E-state index contributed by atoms with van der Waals surface area (Å²) in [5.74, 6) is -0.648. The highest BCUT2D eigenvalue weighted by molar-refractivity contribution is 5.84. The van der Waals surface area contributed by atoms with Crippen LogP contribution in [-0.2, 0) is 40.1 Å². The van der Waals surface area contributed by atoms with E-state index in [9.17, 15) is 28.8 Å². The van der Waals surface area contributed by atoms with Crippen LogP contribution in [0.1, 0.15) is 78.2 Å². The second-order valence-electron chi connectivity index (χ2n) is 8.81. The maximum absolute atomic E-state index is 11.5. The van der Waals surface area contributed by atoms with Crippen LogP contribution in [0.25, 0.3) is 0 Å². The maximum atomic E-state index is 11.5. The van der Waals surface area contributed by atoms with Crippen molar-refractivity contribution in [2.45, 2.75) is 79.2 Å². The van der Waals surface area contributed by atoms with Crippen molar-refractivity contribution in [3.63, 3.8) is 0 Å². The van der Waals surface area contributed by atoms with E-state index in [-0.39, 0.29) is 49.7 Å². The van der Waals surface area contributed by atoms with Gasteiger partial charge in [-0.25, -0.2) is 4.79 Å². The van der Waals surface area contributed by atoms with E-state index in [4.69, 9.17) is 15.2 Å². The number of amides is 5. The molecule has 0 fully saturated rings. The number of rotatable bonds is 19. The van der Waals surface area contributed by atoms with Gasteiger partial charge in [0.25, 0.3) is 0 Å². The Hall–Kier alpha value is -4.00. The van der Waals surface area contributed by atoms with Gasteiger partial charge in [0.2, 0.25) is 18.2 Å². The maximum Gasteiger partial charge on any atom is 0.312 e. The van der Waals surface area contributed by atoms with E-state index in [0.29, 0.717) is 58.2 Å². The Morgan fingerprint density at radius 1 is 0.810 bits per heavy atom. The van der Waals surface area contributed by atoms with Crippen molar-refractivity contribution in [2.24, 2.45) is 5.73 Å². The van der Waals surface area contributed by atoms with E-state index >= 15 is 0 Å². The van der Waals surface area contributed by atoms with Crippen molar-refractivity contribution in [3.8, 4) is 0 Å². The molecular formula is C29H49N5O8. The molecule has 0 aliphatic carbocycles. The summed E-state index contributed by atoms with van der Waals surface area (Å²) in [6.07, 6.45) is 4.64. The molecule has 0 saturated heterocycles. The van der Waals surface area contributed by atoms with Crippen molar-refractivity contribution in [3.05, 3.63) is 29.8 Å². The number of ketones is 1. The van der Waals surface area contributed by atoms with Crippen LogP contribution in [0.15, 0.2) is 24.3 Å². The number of anilines is 1. The molecule has 0 bridgehead atoms. The van der Waals surface area contributed by atoms with Gasteiger partial charge in [-0.1, -0.05) is 46.2 Å². The van der Waals surface area contributed by atoms with Crippen molar-refractivity contribution < 1.29 is 38.2 Å². The first-order valence-corrected chi connectivity index (χ1v) is 14.2. The third-order valence-corrected chi connectivity index (χ3v) is 4.93. The molecule has 1 aromatic carbocycles. The second kappa shape index (κ2) is 28.5. The molecule has 0 heterocycles. The zero-order valence-electron chi connectivity index (χ0n) is 25.4. The Morgan fingerprint density at radius 2 is 1.40 bits per heavy atom. The number of hydrogen-bond acceptors (Lipinski definition) is 8. The van der Waals surface area contributed by atoms with Crippen molar-refractivity contribution in [2.75, 3.05) is 38.2 Å². The third kappa shape index (κ3) is 27.6. The van der Waals surface area contributed by atoms with Gasteiger partial charge in [-0.3, -0.25) is 24.0 Å². The molecule has 42 heavy (non-hydrogen) atoms. The minimum absolute atomic E-state index is 0.0906. The number of Topliss-reactive ketones (excluding diaryl/α,β-unsaturated/α-hetero) is 1. The lowest BCUT2D eigenvalue weighted by atomic mass is 10.2. The highest BCUT2D eigenvalue weighted by atomic mass is 16.5. The van der Waals surface area contributed by atoms with E-state index in [1.165, 1.54) is 6.42 Å². The molecule has 0 unspecified atom stereocenters. The number of primary amides is 1. The molecule has 0 saturated carbocycles. The SMILES string of the molecule is CCC.CCC(=O)CCOCCC(=O)NCC(=O)NCCCCNC(N)=O.CCC(=O)OCc1ccc(NC=O)cc1. The Bertz CT molecular complexity index is 910. The van der Waals surface area contributed by atoms with E-state index in [1.807, 2.05) is 0 Å². The first-order valence-electron chi connectivity index (χ1n) is 14.2. The average molecular weight is 596 g/mol. The molecule has 0 aromatic heterocycles. The van der Waals surface area contributed by atoms with Crippen LogP contribution in [0.4, 0.5) is 10.5 Å². The molecular weight excluding hydrogens is 546 g/mol. The molecule has 5 amide bonds. The van der Waals surface area contributed by atoms with E-state index < -0.39 is 6.03 Å². The standard InChI is InChI=1S/C15H28N4O5.C11H13NO3.C3H8/c1-2-12(20)5-9-24-10-6-13(21)19-11-14(22)17-7-3-4-8-18-15(16)23;1-2-11(14)15-7-9-3-5-10(6-4-9)12-8-13;1-3-2/h2-11H2,1H3,(H,17,22)(H,19,21)(H3,16,18,23);3-6,8H,2,7H2,1H3,(H,12,13);3H2,1-2H3. The molecule has 13 heteroatoms. The Balaban J connectivity index is 0. The predicted octanol–water partition coefficient (Wildman–Crippen LogP) is 2.57. The summed E-state index contributed by atoms with van der Waals surface area (Å²) in [4.78, 5) is 65.4. The fourth-order valence-corrected chi connectivity index (χ4v) is 2.68. The lowest BCUT2D eigenvalue weighted by Crippen LogP contribution is -2.37. The van der Waals surface area contributed by atoms with Gasteiger partial charge in [0.05, 0.1) is 19.8 Å². The number of hydrogen-bond donors (Lipinski definition) is 5. The molecule has 13 nitrogen and oxygen atoms in total. The highest BCUT2D eigenvalue weighted by Crippen LogP contribution is 2.09. The second-order valence-corrected chi connectivity index (χ2v) is 8.81. The highest BCUT2D eigenvalue weighted by Gasteiger charge is 2.06. The Kier molecular flexibility index (Phi) is 27.3. The van der Waals surface area contributed by atoms with Gasteiger partial charge >= 0.3 is 12.0 Å². The number of urea groups is 1. The molecule has 6 N–H and O–H groups in total. The summed E-state index contributed by atoms with van der Waals surface area (Å²) < 4.78 is 10.1. The van der Waals surface area contributed by atoms with Crippen LogP contribution < -0.4 is 27.0 Å².